The van der Waals surface area contributed by atoms with Gasteiger partial charge in [0.2, 0.25) is 0 Å². The first-order valence-corrected chi connectivity index (χ1v) is 6.65. The van der Waals surface area contributed by atoms with Gasteiger partial charge in [-0.2, -0.15) is 5.26 Å². The van der Waals surface area contributed by atoms with Crippen molar-refractivity contribution in [3.8, 4) is 11.8 Å². The highest BCUT2D eigenvalue weighted by Gasteiger charge is 2.39. The van der Waals surface area contributed by atoms with E-state index in [2.05, 4.69) is 18.0 Å². The van der Waals surface area contributed by atoms with Gasteiger partial charge in [-0.3, -0.25) is 0 Å². The average Bonchev–Trinajstić information content (AvgIpc) is 2.62. The highest BCUT2D eigenvalue weighted by molar-refractivity contribution is 5.36. The number of hydrogen-bond acceptors (Lipinski definition) is 3. The van der Waals surface area contributed by atoms with E-state index in [1.807, 2.05) is 24.3 Å². The van der Waals surface area contributed by atoms with Crippen LogP contribution < -0.4 is 4.74 Å². The summed E-state index contributed by atoms with van der Waals surface area (Å²) >= 11 is 0. The normalized spacial score (nSPS) is 31.0. The third-order valence-electron chi connectivity index (χ3n) is 4.32. The lowest BCUT2D eigenvalue weighted by atomic mass is 10.0. The summed E-state index contributed by atoms with van der Waals surface area (Å²) in [4.78, 5) is 2.51. The summed E-state index contributed by atoms with van der Waals surface area (Å²) in [5.41, 5.74) is 0.670. The summed E-state index contributed by atoms with van der Waals surface area (Å²) in [6.07, 6.45) is 5.15. The first-order chi connectivity index (χ1) is 8.76. The molecule has 1 aromatic rings. The standard InChI is InChI=1S/C15H18N2O/c1-17-12-5-6-13(17)9-15(8-12)18-14-4-2-3-11(7-14)10-16/h2-4,7,12-13,15H,5-6,8-9H2,1H3. The highest BCUT2D eigenvalue weighted by Crippen LogP contribution is 2.35. The predicted molar refractivity (Wildman–Crippen MR) is 69.4 cm³/mol. The summed E-state index contributed by atoms with van der Waals surface area (Å²) in [6, 6.07) is 11.0. The van der Waals surface area contributed by atoms with Gasteiger partial charge in [0.05, 0.1) is 11.6 Å². The van der Waals surface area contributed by atoms with Crippen LogP contribution in [0.1, 0.15) is 31.2 Å². The average molecular weight is 242 g/mol. The lowest BCUT2D eigenvalue weighted by Gasteiger charge is -2.36. The van der Waals surface area contributed by atoms with Crippen LogP contribution in [0.4, 0.5) is 0 Å². The molecule has 2 unspecified atom stereocenters. The Balaban J connectivity index is 1.69. The monoisotopic (exact) mass is 242 g/mol. The summed E-state index contributed by atoms with van der Waals surface area (Å²) in [7, 11) is 2.23. The first-order valence-electron chi connectivity index (χ1n) is 6.65. The molecule has 0 N–H and O–H groups in total. The van der Waals surface area contributed by atoms with E-state index < -0.39 is 0 Å². The van der Waals surface area contributed by atoms with Crippen LogP contribution in [0.3, 0.4) is 0 Å². The summed E-state index contributed by atoms with van der Waals surface area (Å²) in [6.45, 7) is 0. The van der Waals surface area contributed by atoms with Crippen molar-refractivity contribution in [1.82, 2.24) is 4.90 Å². The predicted octanol–water partition coefficient (Wildman–Crippen LogP) is 2.56. The Bertz CT molecular complexity index is 466. The van der Waals surface area contributed by atoms with Gasteiger partial charge in [0.25, 0.3) is 0 Å². The molecule has 2 aliphatic rings. The molecule has 2 aliphatic heterocycles. The van der Waals surface area contributed by atoms with Crippen molar-refractivity contribution >= 4 is 0 Å². The number of rotatable bonds is 2. The maximum atomic E-state index is 8.88. The van der Waals surface area contributed by atoms with Crippen LogP contribution in [0.15, 0.2) is 24.3 Å². The minimum Gasteiger partial charge on any atom is -0.490 e. The first kappa shape index (κ1) is 11.6. The van der Waals surface area contributed by atoms with Crippen LogP contribution in [-0.4, -0.2) is 30.1 Å². The zero-order chi connectivity index (χ0) is 12.5. The van der Waals surface area contributed by atoms with Gasteiger partial charge in [0.15, 0.2) is 0 Å². The summed E-state index contributed by atoms with van der Waals surface area (Å²) in [5.74, 6) is 0.836. The fraction of sp³-hybridized carbons (Fsp3) is 0.533. The number of nitriles is 1. The Morgan fingerprint density at radius 3 is 2.67 bits per heavy atom. The molecule has 2 atom stereocenters. The smallest absolute Gasteiger partial charge is 0.121 e. The van der Waals surface area contributed by atoms with Crippen LogP contribution in [0.2, 0.25) is 0 Å². The van der Waals surface area contributed by atoms with Crippen molar-refractivity contribution in [2.24, 2.45) is 0 Å². The number of benzene rings is 1. The Labute approximate surface area is 108 Å². The van der Waals surface area contributed by atoms with Crippen molar-refractivity contribution in [3.63, 3.8) is 0 Å². The molecule has 0 amide bonds. The van der Waals surface area contributed by atoms with Crippen LogP contribution in [0, 0.1) is 11.3 Å². The van der Waals surface area contributed by atoms with Gasteiger partial charge in [0.1, 0.15) is 11.9 Å². The van der Waals surface area contributed by atoms with E-state index in [0.717, 1.165) is 18.6 Å². The molecule has 2 heterocycles. The Morgan fingerprint density at radius 1 is 1.28 bits per heavy atom. The molecular formula is C15H18N2O. The van der Waals surface area contributed by atoms with Gasteiger partial charge in [-0.05, 0) is 50.9 Å². The molecule has 2 fully saturated rings. The zero-order valence-electron chi connectivity index (χ0n) is 10.7. The third kappa shape index (κ3) is 2.09. The van der Waals surface area contributed by atoms with Crippen molar-refractivity contribution in [1.29, 1.82) is 5.26 Å². The SMILES string of the molecule is CN1C2CCC1CC(Oc1cccc(C#N)c1)C2. The van der Waals surface area contributed by atoms with Gasteiger partial charge < -0.3 is 9.64 Å². The highest BCUT2D eigenvalue weighted by atomic mass is 16.5. The molecule has 18 heavy (non-hydrogen) atoms. The van der Waals surface area contributed by atoms with Crippen molar-refractivity contribution in [3.05, 3.63) is 29.8 Å². The molecule has 2 saturated heterocycles. The fourth-order valence-corrected chi connectivity index (χ4v) is 3.29. The van der Waals surface area contributed by atoms with Crippen molar-refractivity contribution in [2.75, 3.05) is 7.05 Å². The molecular weight excluding hydrogens is 224 g/mol. The molecule has 3 nitrogen and oxygen atoms in total. The van der Waals surface area contributed by atoms with E-state index >= 15 is 0 Å². The molecule has 0 spiro atoms. The molecule has 0 aromatic heterocycles. The van der Waals surface area contributed by atoms with E-state index in [-0.39, 0.29) is 0 Å². The second kappa shape index (κ2) is 4.62. The summed E-state index contributed by atoms with van der Waals surface area (Å²) in [5, 5.41) is 8.88. The van der Waals surface area contributed by atoms with Crippen LogP contribution in [0.25, 0.3) is 0 Å². The maximum Gasteiger partial charge on any atom is 0.121 e. The topological polar surface area (TPSA) is 36.3 Å². The number of hydrogen-bond donors (Lipinski definition) is 0. The second-order valence-electron chi connectivity index (χ2n) is 5.40. The molecule has 1 aromatic carbocycles. The number of piperidine rings is 1. The molecule has 0 radical (unpaired) electrons. The molecule has 94 valence electrons. The van der Waals surface area contributed by atoms with E-state index in [1.165, 1.54) is 12.8 Å². The van der Waals surface area contributed by atoms with Crippen molar-refractivity contribution < 1.29 is 4.74 Å². The van der Waals surface area contributed by atoms with Crippen LogP contribution in [-0.2, 0) is 0 Å². The zero-order valence-corrected chi connectivity index (χ0v) is 10.7. The molecule has 3 rings (SSSR count). The minimum absolute atomic E-state index is 0.313. The van der Waals surface area contributed by atoms with Crippen LogP contribution >= 0.6 is 0 Å². The van der Waals surface area contributed by atoms with Gasteiger partial charge in [-0.15, -0.1) is 0 Å². The van der Waals surface area contributed by atoms with Crippen LogP contribution in [0.5, 0.6) is 5.75 Å². The number of ether oxygens (including phenoxy) is 1. The Kier molecular flexibility index (Phi) is 2.97. The van der Waals surface area contributed by atoms with E-state index in [0.29, 0.717) is 23.8 Å². The molecule has 0 saturated carbocycles. The lowest BCUT2D eigenvalue weighted by molar-refractivity contribution is 0.0661. The molecule has 3 heteroatoms. The lowest BCUT2D eigenvalue weighted by Crippen LogP contribution is -2.43. The maximum absolute atomic E-state index is 8.88. The van der Waals surface area contributed by atoms with Gasteiger partial charge in [0, 0.05) is 12.1 Å². The number of nitrogens with zero attached hydrogens (tertiary/aromatic N) is 2. The quantitative estimate of drug-likeness (QED) is 0.799. The Hall–Kier alpha value is -1.53. The van der Waals surface area contributed by atoms with Crippen molar-refractivity contribution in [2.45, 2.75) is 43.9 Å². The van der Waals surface area contributed by atoms with E-state index in [9.17, 15) is 0 Å². The fourth-order valence-electron chi connectivity index (χ4n) is 3.29. The molecule has 0 aliphatic carbocycles. The third-order valence-corrected chi connectivity index (χ3v) is 4.32. The second-order valence-corrected chi connectivity index (χ2v) is 5.40. The summed E-state index contributed by atoms with van der Waals surface area (Å²) < 4.78 is 6.05. The van der Waals surface area contributed by atoms with Gasteiger partial charge >= 0.3 is 0 Å². The van der Waals surface area contributed by atoms with Gasteiger partial charge in [-0.25, -0.2) is 0 Å². The minimum atomic E-state index is 0.313. The largest absolute Gasteiger partial charge is 0.490 e. The van der Waals surface area contributed by atoms with E-state index in [1.54, 1.807) is 0 Å². The molecule has 2 bridgehead atoms. The Morgan fingerprint density at radius 2 is 2.00 bits per heavy atom. The number of fused-ring (bicyclic) bond motifs is 2. The van der Waals surface area contributed by atoms with Gasteiger partial charge in [-0.1, -0.05) is 6.07 Å². The van der Waals surface area contributed by atoms with E-state index in [4.69, 9.17) is 10.00 Å².